The highest BCUT2D eigenvalue weighted by Gasteiger charge is 2.32. The fourth-order valence-corrected chi connectivity index (χ4v) is 2.94. The number of aromatic nitrogens is 1. The van der Waals surface area contributed by atoms with Crippen molar-refractivity contribution in [3.8, 4) is 0 Å². The lowest BCUT2D eigenvalue weighted by atomic mass is 10.1. The molecule has 2 heterocycles. The van der Waals surface area contributed by atoms with Gasteiger partial charge in [-0.2, -0.15) is 0 Å². The number of benzene rings is 2. The monoisotopic (exact) mass is 357 g/mol. The van der Waals surface area contributed by atoms with E-state index in [4.69, 9.17) is 0 Å². The second kappa shape index (κ2) is 6.96. The van der Waals surface area contributed by atoms with Crippen molar-refractivity contribution in [2.24, 2.45) is 4.99 Å². The Bertz CT molecular complexity index is 1060. The van der Waals surface area contributed by atoms with Gasteiger partial charge < -0.3 is 0 Å². The van der Waals surface area contributed by atoms with Gasteiger partial charge in [0.05, 0.1) is 5.69 Å². The van der Waals surface area contributed by atoms with Gasteiger partial charge in [-0.15, -0.1) is 0 Å². The Kier molecular flexibility index (Phi) is 4.34. The van der Waals surface area contributed by atoms with Gasteiger partial charge in [0.25, 0.3) is 5.91 Å². The molecule has 0 saturated carbocycles. The van der Waals surface area contributed by atoms with Crippen LogP contribution in [0.4, 0.5) is 10.1 Å². The molecule has 3 aromatic rings. The lowest BCUT2D eigenvalue weighted by molar-refractivity contribution is -0.113. The lowest BCUT2D eigenvalue weighted by Gasteiger charge is -2.18. The van der Waals surface area contributed by atoms with Gasteiger partial charge in [0, 0.05) is 18.0 Å². The Hall–Kier alpha value is -3.60. The zero-order chi connectivity index (χ0) is 18.8. The van der Waals surface area contributed by atoms with Crippen LogP contribution in [0.3, 0.4) is 0 Å². The van der Waals surface area contributed by atoms with Crippen LogP contribution in [0.2, 0.25) is 0 Å². The molecule has 0 bridgehead atoms. The maximum Gasteiger partial charge on any atom is 0.282 e. The molecule has 0 atom stereocenters. The Morgan fingerprint density at radius 1 is 1.00 bits per heavy atom. The molecule has 0 unspecified atom stereocenters. The van der Waals surface area contributed by atoms with Crippen molar-refractivity contribution in [2.45, 2.75) is 6.92 Å². The van der Waals surface area contributed by atoms with Crippen LogP contribution < -0.4 is 4.90 Å². The summed E-state index contributed by atoms with van der Waals surface area (Å²) in [6, 6.07) is 17.2. The van der Waals surface area contributed by atoms with E-state index in [0.717, 1.165) is 16.7 Å². The SMILES string of the molecule is Cc1cccc(C2=N/C(=C/c3ccncc3)C(=O)N2c2ccc(F)cc2)c1. The molecule has 1 amide bonds. The van der Waals surface area contributed by atoms with E-state index < -0.39 is 0 Å². The fourth-order valence-electron chi connectivity index (χ4n) is 2.94. The number of nitrogens with zero attached hydrogens (tertiary/aromatic N) is 3. The summed E-state index contributed by atoms with van der Waals surface area (Å²) < 4.78 is 13.4. The number of rotatable bonds is 3. The molecular formula is C22H16FN3O. The molecular weight excluding hydrogens is 341 g/mol. The molecule has 0 radical (unpaired) electrons. The number of aryl methyl sites for hydroxylation is 1. The van der Waals surface area contributed by atoms with E-state index in [9.17, 15) is 9.18 Å². The molecule has 2 aromatic carbocycles. The van der Waals surface area contributed by atoms with Crippen molar-refractivity contribution in [3.63, 3.8) is 0 Å². The summed E-state index contributed by atoms with van der Waals surface area (Å²) in [5.74, 6) is -0.0856. The van der Waals surface area contributed by atoms with Crippen LogP contribution in [-0.4, -0.2) is 16.7 Å². The number of hydrogen-bond acceptors (Lipinski definition) is 3. The van der Waals surface area contributed by atoms with E-state index in [1.54, 1.807) is 30.6 Å². The zero-order valence-corrected chi connectivity index (χ0v) is 14.6. The predicted molar refractivity (Wildman–Crippen MR) is 104 cm³/mol. The Balaban J connectivity index is 1.84. The molecule has 1 aliphatic rings. The van der Waals surface area contributed by atoms with Gasteiger partial charge in [-0.3, -0.25) is 14.7 Å². The molecule has 5 heteroatoms. The van der Waals surface area contributed by atoms with Crippen LogP contribution in [0.15, 0.2) is 83.7 Å². The number of anilines is 1. The van der Waals surface area contributed by atoms with E-state index in [-0.39, 0.29) is 11.7 Å². The van der Waals surface area contributed by atoms with Crippen LogP contribution in [0, 0.1) is 12.7 Å². The number of halogens is 1. The molecule has 132 valence electrons. The van der Waals surface area contributed by atoms with Gasteiger partial charge in [-0.1, -0.05) is 23.8 Å². The summed E-state index contributed by atoms with van der Waals surface area (Å²) >= 11 is 0. The molecule has 1 aliphatic heterocycles. The number of amides is 1. The van der Waals surface area contributed by atoms with Crippen molar-refractivity contribution < 1.29 is 9.18 Å². The summed E-state index contributed by atoms with van der Waals surface area (Å²) in [6.07, 6.45) is 5.05. The minimum Gasteiger partial charge on any atom is -0.266 e. The van der Waals surface area contributed by atoms with Crippen LogP contribution in [0.1, 0.15) is 16.7 Å². The standard InChI is InChI=1S/C22H16FN3O/c1-15-3-2-4-17(13-15)21-25-20(14-16-9-11-24-12-10-16)22(27)26(21)19-7-5-18(23)6-8-19/h2-14H,1H3/b20-14+. The topological polar surface area (TPSA) is 45.6 Å². The van der Waals surface area contributed by atoms with E-state index in [1.807, 2.05) is 43.3 Å². The fraction of sp³-hybridized carbons (Fsp3) is 0.0455. The minimum atomic E-state index is -0.355. The second-order valence-electron chi connectivity index (χ2n) is 6.23. The summed E-state index contributed by atoms with van der Waals surface area (Å²) in [6.45, 7) is 1.98. The van der Waals surface area contributed by atoms with Crippen LogP contribution >= 0.6 is 0 Å². The lowest BCUT2D eigenvalue weighted by Crippen LogP contribution is -2.32. The number of pyridine rings is 1. The molecule has 0 fully saturated rings. The number of aliphatic imine (C=N–C) groups is 1. The number of amidine groups is 1. The summed E-state index contributed by atoms with van der Waals surface area (Å²) in [4.78, 5) is 23.2. The van der Waals surface area contributed by atoms with Gasteiger partial charge in [-0.05, 0) is 61.0 Å². The van der Waals surface area contributed by atoms with Crippen molar-refractivity contribution in [3.05, 3.63) is 101 Å². The third-order valence-electron chi connectivity index (χ3n) is 4.23. The first-order chi connectivity index (χ1) is 13.1. The van der Waals surface area contributed by atoms with E-state index >= 15 is 0 Å². The van der Waals surface area contributed by atoms with Crippen molar-refractivity contribution >= 4 is 23.5 Å². The zero-order valence-electron chi connectivity index (χ0n) is 14.6. The molecule has 0 aliphatic carbocycles. The first-order valence-electron chi connectivity index (χ1n) is 8.49. The molecule has 27 heavy (non-hydrogen) atoms. The Morgan fingerprint density at radius 2 is 1.74 bits per heavy atom. The average Bonchev–Trinajstić information content (AvgIpc) is 3.00. The predicted octanol–water partition coefficient (Wildman–Crippen LogP) is 4.36. The van der Waals surface area contributed by atoms with Crippen molar-refractivity contribution in [1.82, 2.24) is 4.98 Å². The molecule has 4 rings (SSSR count). The molecule has 4 nitrogen and oxygen atoms in total. The van der Waals surface area contributed by atoms with Gasteiger partial charge in [0.15, 0.2) is 0 Å². The van der Waals surface area contributed by atoms with Gasteiger partial charge in [-0.25, -0.2) is 9.38 Å². The largest absolute Gasteiger partial charge is 0.282 e. The first kappa shape index (κ1) is 16.8. The Morgan fingerprint density at radius 3 is 2.44 bits per heavy atom. The van der Waals surface area contributed by atoms with Gasteiger partial charge in [0.1, 0.15) is 17.3 Å². The Labute approximate surface area is 156 Å². The third kappa shape index (κ3) is 3.40. The number of carbonyl (C=O) groups excluding carboxylic acids is 1. The van der Waals surface area contributed by atoms with Crippen LogP contribution in [0.25, 0.3) is 6.08 Å². The first-order valence-corrected chi connectivity index (χ1v) is 8.49. The van der Waals surface area contributed by atoms with Gasteiger partial charge >= 0.3 is 0 Å². The quantitative estimate of drug-likeness (QED) is 0.654. The van der Waals surface area contributed by atoms with Crippen molar-refractivity contribution in [2.75, 3.05) is 4.90 Å². The molecule has 1 aromatic heterocycles. The summed E-state index contributed by atoms with van der Waals surface area (Å²) in [5, 5.41) is 0. The smallest absolute Gasteiger partial charge is 0.266 e. The second-order valence-corrected chi connectivity index (χ2v) is 6.23. The molecule has 0 spiro atoms. The van der Waals surface area contributed by atoms with E-state index in [2.05, 4.69) is 9.98 Å². The number of hydrogen-bond donors (Lipinski definition) is 0. The molecule has 0 saturated heterocycles. The summed E-state index contributed by atoms with van der Waals surface area (Å²) in [5.41, 5.74) is 3.61. The summed E-state index contributed by atoms with van der Waals surface area (Å²) in [7, 11) is 0. The number of carbonyl (C=O) groups is 1. The minimum absolute atomic E-state index is 0.255. The highest BCUT2D eigenvalue weighted by Crippen LogP contribution is 2.28. The maximum absolute atomic E-state index is 13.4. The van der Waals surface area contributed by atoms with Crippen LogP contribution in [0.5, 0.6) is 0 Å². The van der Waals surface area contributed by atoms with Crippen LogP contribution in [-0.2, 0) is 4.79 Å². The highest BCUT2D eigenvalue weighted by molar-refractivity contribution is 6.33. The van der Waals surface area contributed by atoms with E-state index in [0.29, 0.717) is 17.2 Å². The van der Waals surface area contributed by atoms with Gasteiger partial charge in [0.2, 0.25) is 0 Å². The normalized spacial score (nSPS) is 15.3. The highest BCUT2D eigenvalue weighted by atomic mass is 19.1. The average molecular weight is 357 g/mol. The van der Waals surface area contributed by atoms with Crippen molar-refractivity contribution in [1.29, 1.82) is 0 Å². The third-order valence-corrected chi connectivity index (χ3v) is 4.23. The van der Waals surface area contributed by atoms with E-state index in [1.165, 1.54) is 17.0 Å². The molecule has 0 N–H and O–H groups in total. The maximum atomic E-state index is 13.4.